The maximum absolute atomic E-state index is 14.1. The van der Waals surface area contributed by atoms with E-state index in [2.05, 4.69) is 11.8 Å². The Hall–Kier alpha value is -4.31. The predicted octanol–water partition coefficient (Wildman–Crippen LogP) is 4.09. The zero-order valence-electron chi connectivity index (χ0n) is 23.9. The summed E-state index contributed by atoms with van der Waals surface area (Å²) in [6.07, 6.45) is 2.92. The van der Waals surface area contributed by atoms with Gasteiger partial charge in [0.05, 0.1) is 11.5 Å². The Bertz CT molecular complexity index is 1650. The monoisotopic (exact) mass is 586 g/mol. The van der Waals surface area contributed by atoms with Crippen molar-refractivity contribution in [3.63, 3.8) is 0 Å². The molecular formula is C33H34N2O8. The standard InChI is InChI=1S/C33H34N2O8/c1-15-4-6-35(7-5-15)13-18-11-24-25(43-14-42-24)12-20(18)19-2-3-22(36)28-21(19)9-16-8-17-10-23(37)29(33(34)41)32(40)27(17)30(38)26(16)31(28)39/h2-3,11-12,15-17,27,36-38H,4-10,13-14H2,1H3,(H2,34,41). The van der Waals surface area contributed by atoms with Gasteiger partial charge in [-0.05, 0) is 97.0 Å². The lowest BCUT2D eigenvalue weighted by Crippen LogP contribution is -2.43. The lowest BCUT2D eigenvalue weighted by atomic mass is 9.62. The van der Waals surface area contributed by atoms with Gasteiger partial charge in [0.25, 0.3) is 5.91 Å². The minimum absolute atomic E-state index is 0.00275. The molecule has 3 atom stereocenters. The molecule has 10 nitrogen and oxygen atoms in total. The van der Waals surface area contributed by atoms with Crippen LogP contribution >= 0.6 is 0 Å². The highest BCUT2D eigenvalue weighted by molar-refractivity contribution is 6.22. The second-order valence-electron chi connectivity index (χ2n) is 12.6. The van der Waals surface area contributed by atoms with Crippen LogP contribution < -0.4 is 15.2 Å². The van der Waals surface area contributed by atoms with Crippen molar-refractivity contribution in [3.8, 4) is 28.4 Å². The third-order valence-corrected chi connectivity index (χ3v) is 9.93. The minimum Gasteiger partial charge on any atom is -0.511 e. The number of fused-ring (bicyclic) bond motifs is 4. The number of benzene rings is 2. The van der Waals surface area contributed by atoms with E-state index >= 15 is 0 Å². The topological polar surface area (TPSA) is 160 Å². The van der Waals surface area contributed by atoms with Crippen LogP contribution in [0.15, 0.2) is 46.9 Å². The zero-order chi connectivity index (χ0) is 30.2. The number of allylic oxidation sites excluding steroid dienone is 3. The summed E-state index contributed by atoms with van der Waals surface area (Å²) in [4.78, 5) is 41.5. The summed E-state index contributed by atoms with van der Waals surface area (Å²) in [6, 6.07) is 7.25. The average molecular weight is 587 g/mol. The molecule has 43 heavy (non-hydrogen) atoms. The molecule has 0 spiro atoms. The minimum atomic E-state index is -1.15. The number of hydrogen-bond acceptors (Lipinski definition) is 9. The summed E-state index contributed by atoms with van der Waals surface area (Å²) in [5, 5.41) is 32.8. The van der Waals surface area contributed by atoms with Gasteiger partial charge in [-0.2, -0.15) is 0 Å². The van der Waals surface area contributed by atoms with Crippen molar-refractivity contribution in [1.82, 2.24) is 4.90 Å². The van der Waals surface area contributed by atoms with E-state index in [1.54, 1.807) is 0 Å². The number of primary amides is 1. The fraction of sp³-hybridized carbons (Fsp3) is 0.424. The molecule has 1 amide bonds. The molecular weight excluding hydrogens is 552 g/mol. The van der Waals surface area contributed by atoms with E-state index in [-0.39, 0.29) is 35.9 Å². The van der Waals surface area contributed by atoms with Crippen LogP contribution in [0.5, 0.6) is 17.2 Å². The number of nitrogens with zero attached hydrogens (tertiary/aromatic N) is 1. The number of carbonyl (C=O) groups is 3. The Morgan fingerprint density at radius 1 is 1.02 bits per heavy atom. The molecule has 2 heterocycles. The number of nitrogens with two attached hydrogens (primary N) is 1. The highest BCUT2D eigenvalue weighted by Gasteiger charge is 2.50. The van der Waals surface area contributed by atoms with Crippen LogP contribution in [0.4, 0.5) is 0 Å². The SMILES string of the molecule is CC1CCN(Cc2cc3c(cc2-c2ccc(O)c4c2CC2CC5CC(O)=C(C(N)=O)C(=O)C5C(O)=C2C4=O)OCO3)CC1. The van der Waals surface area contributed by atoms with Gasteiger partial charge >= 0.3 is 0 Å². The van der Waals surface area contributed by atoms with Crippen LogP contribution in [0.2, 0.25) is 0 Å². The first-order valence-electron chi connectivity index (χ1n) is 14.9. The summed E-state index contributed by atoms with van der Waals surface area (Å²) < 4.78 is 11.4. The first-order valence-corrected chi connectivity index (χ1v) is 14.9. The number of rotatable bonds is 4. The number of carbonyl (C=O) groups excluding carboxylic acids is 3. The van der Waals surface area contributed by atoms with Crippen LogP contribution in [0, 0.1) is 23.7 Å². The molecule has 2 aromatic rings. The molecule has 1 saturated heterocycles. The molecule has 10 heteroatoms. The van der Waals surface area contributed by atoms with Gasteiger partial charge in [0.15, 0.2) is 23.1 Å². The summed E-state index contributed by atoms with van der Waals surface area (Å²) in [6.45, 7) is 5.06. The van der Waals surface area contributed by atoms with Crippen LogP contribution in [-0.4, -0.2) is 57.6 Å². The van der Waals surface area contributed by atoms with Gasteiger partial charge in [-0.15, -0.1) is 0 Å². The summed E-state index contributed by atoms with van der Waals surface area (Å²) in [7, 11) is 0. The Balaban J connectivity index is 1.32. The molecule has 3 unspecified atom stereocenters. The molecule has 0 aromatic heterocycles. The Kier molecular flexibility index (Phi) is 6.50. The smallest absolute Gasteiger partial charge is 0.255 e. The Morgan fingerprint density at radius 3 is 2.47 bits per heavy atom. The number of hydrogen-bond donors (Lipinski definition) is 4. The second kappa shape index (κ2) is 10.2. The summed E-state index contributed by atoms with van der Waals surface area (Å²) in [5.74, 6) is -3.49. The van der Waals surface area contributed by atoms with E-state index in [1.807, 2.05) is 18.2 Å². The molecule has 7 rings (SSSR count). The van der Waals surface area contributed by atoms with Crippen molar-refractivity contribution in [2.45, 2.75) is 45.6 Å². The van der Waals surface area contributed by atoms with E-state index in [9.17, 15) is 29.7 Å². The first kappa shape index (κ1) is 27.5. The quantitative estimate of drug-likeness (QED) is 0.387. The average Bonchev–Trinajstić information content (AvgIpc) is 3.41. The molecule has 0 saturated carbocycles. The Morgan fingerprint density at radius 2 is 1.74 bits per heavy atom. The number of piperidine rings is 1. The van der Waals surface area contributed by atoms with Crippen molar-refractivity contribution in [2.24, 2.45) is 29.4 Å². The number of aromatic hydroxyl groups is 1. The third-order valence-electron chi connectivity index (χ3n) is 9.93. The molecule has 0 radical (unpaired) electrons. The van der Waals surface area contributed by atoms with Gasteiger partial charge in [0.1, 0.15) is 22.8 Å². The number of Topliss-reactive ketones (excluding diaryl/α,β-unsaturated/α-hetero) is 2. The van der Waals surface area contributed by atoms with Gasteiger partial charge in [-0.25, -0.2) is 0 Å². The molecule has 0 bridgehead atoms. The lowest BCUT2D eigenvalue weighted by Gasteiger charge is -2.41. The maximum atomic E-state index is 14.1. The third kappa shape index (κ3) is 4.38. The van der Waals surface area contributed by atoms with Crippen LogP contribution in [-0.2, 0) is 22.6 Å². The second-order valence-corrected chi connectivity index (χ2v) is 12.6. The van der Waals surface area contributed by atoms with E-state index in [4.69, 9.17) is 15.2 Å². The van der Waals surface area contributed by atoms with Crippen molar-refractivity contribution >= 4 is 17.5 Å². The number of likely N-dealkylation sites (tertiary alicyclic amines) is 1. The van der Waals surface area contributed by atoms with Crippen molar-refractivity contribution in [2.75, 3.05) is 19.9 Å². The highest BCUT2D eigenvalue weighted by Crippen LogP contribution is 2.51. The number of ketones is 2. The first-order chi connectivity index (χ1) is 20.6. The number of phenols is 1. The largest absolute Gasteiger partial charge is 0.511 e. The number of phenolic OH excluding ortho intramolecular Hbond substituents is 1. The number of aliphatic hydroxyl groups excluding tert-OH is 2. The summed E-state index contributed by atoms with van der Waals surface area (Å²) in [5.41, 5.74) is 8.36. The van der Waals surface area contributed by atoms with Crippen LogP contribution in [0.1, 0.15) is 54.1 Å². The van der Waals surface area contributed by atoms with Crippen LogP contribution in [0.25, 0.3) is 11.1 Å². The van der Waals surface area contributed by atoms with Gasteiger partial charge in [0, 0.05) is 18.5 Å². The number of amides is 1. The van der Waals surface area contributed by atoms with E-state index < -0.39 is 46.6 Å². The van der Waals surface area contributed by atoms with Gasteiger partial charge in [0.2, 0.25) is 6.79 Å². The fourth-order valence-corrected chi connectivity index (χ4v) is 7.72. The lowest BCUT2D eigenvalue weighted by molar-refractivity contribution is -0.126. The zero-order valence-corrected chi connectivity index (χ0v) is 23.9. The normalized spacial score (nSPS) is 25.5. The summed E-state index contributed by atoms with van der Waals surface area (Å²) >= 11 is 0. The molecule has 1 fully saturated rings. The molecule has 5 N–H and O–H groups in total. The van der Waals surface area contributed by atoms with E-state index in [1.165, 1.54) is 6.07 Å². The maximum Gasteiger partial charge on any atom is 0.255 e. The highest BCUT2D eigenvalue weighted by atomic mass is 16.7. The molecule has 2 aliphatic heterocycles. The molecule has 5 aliphatic rings. The van der Waals surface area contributed by atoms with Gasteiger partial charge in [-0.1, -0.05) is 13.0 Å². The molecule has 2 aromatic carbocycles. The molecule has 224 valence electrons. The van der Waals surface area contributed by atoms with E-state index in [0.717, 1.165) is 42.6 Å². The van der Waals surface area contributed by atoms with Gasteiger partial charge in [-0.3, -0.25) is 19.3 Å². The van der Waals surface area contributed by atoms with Crippen molar-refractivity contribution in [1.29, 1.82) is 0 Å². The van der Waals surface area contributed by atoms with Crippen LogP contribution in [0.3, 0.4) is 0 Å². The Labute approximate surface area is 248 Å². The molecule has 3 aliphatic carbocycles. The number of ether oxygens (including phenoxy) is 2. The van der Waals surface area contributed by atoms with Crippen molar-refractivity contribution in [3.05, 3.63) is 63.6 Å². The van der Waals surface area contributed by atoms with Gasteiger partial charge < -0.3 is 30.5 Å². The van der Waals surface area contributed by atoms with Crippen molar-refractivity contribution < 1.29 is 39.2 Å². The fourth-order valence-electron chi connectivity index (χ4n) is 7.72. The van der Waals surface area contributed by atoms with E-state index in [0.29, 0.717) is 42.4 Å². The predicted molar refractivity (Wildman–Crippen MR) is 155 cm³/mol. The number of aliphatic hydroxyl groups is 2.